The highest BCUT2D eigenvalue weighted by molar-refractivity contribution is 6.11. The first-order chi connectivity index (χ1) is 10.1. The summed E-state index contributed by atoms with van der Waals surface area (Å²) in [5.74, 6) is -0.216. The van der Waals surface area contributed by atoms with E-state index in [0.717, 1.165) is 5.56 Å². The number of fused-ring (bicyclic) bond motifs is 1. The Hall–Kier alpha value is -3.01. The van der Waals surface area contributed by atoms with E-state index in [-0.39, 0.29) is 22.8 Å². The van der Waals surface area contributed by atoms with Gasteiger partial charge in [0.1, 0.15) is 17.1 Å². The van der Waals surface area contributed by atoms with E-state index in [1.807, 2.05) is 0 Å². The summed E-state index contributed by atoms with van der Waals surface area (Å²) in [6.07, 6.45) is 4.47. The van der Waals surface area contributed by atoms with Crippen molar-refractivity contribution in [3.8, 4) is 11.5 Å². The average Bonchev–Trinajstić information content (AvgIpc) is 2.96. The zero-order valence-electron chi connectivity index (χ0n) is 11.0. The van der Waals surface area contributed by atoms with Crippen LogP contribution in [0.4, 0.5) is 0 Å². The van der Waals surface area contributed by atoms with Gasteiger partial charge in [0.25, 0.3) is 0 Å². The lowest BCUT2D eigenvalue weighted by atomic mass is 10.1. The van der Waals surface area contributed by atoms with Gasteiger partial charge in [0, 0.05) is 0 Å². The van der Waals surface area contributed by atoms with Gasteiger partial charge in [0.2, 0.25) is 0 Å². The summed E-state index contributed by atoms with van der Waals surface area (Å²) in [5.41, 5.74) is 1.54. The Balaban J connectivity index is 1.90. The smallest absolute Gasteiger partial charge is 0.189 e. The van der Waals surface area contributed by atoms with Gasteiger partial charge in [-0.05, 0) is 42.0 Å². The number of benzene rings is 2. The van der Waals surface area contributed by atoms with Crippen LogP contribution in [-0.2, 0) is 0 Å². The van der Waals surface area contributed by atoms with Gasteiger partial charge in [-0.25, -0.2) is 0 Å². The van der Waals surface area contributed by atoms with Crippen molar-refractivity contribution in [3.63, 3.8) is 0 Å². The molecule has 4 nitrogen and oxygen atoms in total. The van der Waals surface area contributed by atoms with Gasteiger partial charge < -0.3 is 14.6 Å². The van der Waals surface area contributed by atoms with Crippen molar-refractivity contribution in [1.29, 1.82) is 0 Å². The Morgan fingerprint density at radius 1 is 1.00 bits per heavy atom. The van der Waals surface area contributed by atoms with Gasteiger partial charge in [-0.1, -0.05) is 18.2 Å². The van der Waals surface area contributed by atoms with Gasteiger partial charge >= 0.3 is 0 Å². The van der Waals surface area contributed by atoms with E-state index in [9.17, 15) is 15.0 Å². The lowest BCUT2D eigenvalue weighted by Crippen LogP contribution is -1.94. The molecule has 0 radical (unpaired) electrons. The highest BCUT2D eigenvalue weighted by Crippen LogP contribution is 2.30. The maximum absolute atomic E-state index is 12.1. The fourth-order valence-corrected chi connectivity index (χ4v) is 2.07. The summed E-state index contributed by atoms with van der Waals surface area (Å²) in [4.78, 5) is 12.1. The molecule has 3 rings (SSSR count). The molecule has 0 amide bonds. The van der Waals surface area contributed by atoms with Gasteiger partial charge in [-0.15, -0.1) is 0 Å². The first kappa shape index (κ1) is 13.0. The number of carbonyl (C=O) groups excluding carboxylic acids is 1. The molecule has 2 aromatic carbocycles. The number of hydrogen-bond donors (Lipinski definition) is 2. The zero-order chi connectivity index (χ0) is 14.8. The molecule has 0 aliphatic heterocycles. The molecule has 3 aromatic rings. The Labute approximate surface area is 120 Å². The van der Waals surface area contributed by atoms with Crippen molar-refractivity contribution in [2.24, 2.45) is 0 Å². The van der Waals surface area contributed by atoms with E-state index in [4.69, 9.17) is 4.42 Å². The van der Waals surface area contributed by atoms with Crippen LogP contribution < -0.4 is 0 Å². The molecule has 0 bridgehead atoms. The summed E-state index contributed by atoms with van der Waals surface area (Å²) >= 11 is 0. The Morgan fingerprint density at radius 3 is 2.52 bits per heavy atom. The molecular formula is C17H12O4. The molecule has 0 aliphatic rings. The van der Waals surface area contributed by atoms with E-state index in [0.29, 0.717) is 11.0 Å². The van der Waals surface area contributed by atoms with Crippen molar-refractivity contribution in [1.82, 2.24) is 0 Å². The van der Waals surface area contributed by atoms with Crippen molar-refractivity contribution in [2.75, 3.05) is 0 Å². The van der Waals surface area contributed by atoms with Crippen LogP contribution in [0.2, 0.25) is 0 Å². The molecule has 0 saturated carbocycles. The standard InChI is InChI=1S/C17H12O4/c18-12-4-1-11(2-5-12)3-7-15(19)13-6-8-16-14(17(13)20)9-10-21-16/h1-10,18,20H. The Bertz CT molecular complexity index is 826. The fourth-order valence-electron chi connectivity index (χ4n) is 2.07. The number of hydrogen-bond acceptors (Lipinski definition) is 4. The second-order valence-electron chi connectivity index (χ2n) is 4.58. The molecule has 21 heavy (non-hydrogen) atoms. The van der Waals surface area contributed by atoms with Crippen LogP contribution in [0.1, 0.15) is 15.9 Å². The average molecular weight is 280 g/mol. The first-order valence-electron chi connectivity index (χ1n) is 6.36. The Kier molecular flexibility index (Phi) is 3.20. The zero-order valence-corrected chi connectivity index (χ0v) is 11.0. The highest BCUT2D eigenvalue weighted by Gasteiger charge is 2.12. The fraction of sp³-hybridized carbons (Fsp3) is 0. The van der Waals surface area contributed by atoms with E-state index >= 15 is 0 Å². The van der Waals surface area contributed by atoms with Crippen molar-refractivity contribution in [3.05, 3.63) is 65.9 Å². The minimum absolute atomic E-state index is 0.0818. The third-order valence-electron chi connectivity index (χ3n) is 3.19. The van der Waals surface area contributed by atoms with Gasteiger partial charge in [-0.3, -0.25) is 4.79 Å². The molecule has 0 unspecified atom stereocenters. The molecule has 1 aromatic heterocycles. The number of carbonyl (C=O) groups is 1. The maximum atomic E-state index is 12.1. The first-order valence-corrected chi connectivity index (χ1v) is 6.36. The predicted octanol–water partition coefficient (Wildman–Crippen LogP) is 3.74. The number of phenolic OH excluding ortho intramolecular Hbond substituents is 2. The number of furan rings is 1. The quantitative estimate of drug-likeness (QED) is 0.566. The number of ketones is 1. The second-order valence-corrected chi connectivity index (χ2v) is 4.58. The second kappa shape index (κ2) is 5.17. The van der Waals surface area contributed by atoms with Gasteiger partial charge in [0.05, 0.1) is 17.2 Å². The van der Waals surface area contributed by atoms with Crippen LogP contribution in [0.15, 0.2) is 59.2 Å². The lowest BCUT2D eigenvalue weighted by Gasteiger charge is -2.01. The van der Waals surface area contributed by atoms with Crippen molar-refractivity contribution in [2.45, 2.75) is 0 Å². The van der Waals surface area contributed by atoms with Crippen LogP contribution >= 0.6 is 0 Å². The topological polar surface area (TPSA) is 70.7 Å². The molecule has 0 fully saturated rings. The SMILES string of the molecule is O=C(C=Cc1ccc(O)cc1)c1ccc2occc2c1O. The van der Waals surface area contributed by atoms with Crippen LogP contribution in [0.5, 0.6) is 11.5 Å². The van der Waals surface area contributed by atoms with Crippen molar-refractivity contribution < 1.29 is 19.4 Å². The minimum Gasteiger partial charge on any atom is -0.508 e. The third-order valence-corrected chi connectivity index (χ3v) is 3.19. The summed E-state index contributed by atoms with van der Waals surface area (Å²) in [5, 5.41) is 19.8. The van der Waals surface area contributed by atoms with E-state index in [1.54, 1.807) is 42.5 Å². The molecule has 0 aliphatic carbocycles. The third kappa shape index (κ3) is 2.51. The van der Waals surface area contributed by atoms with Crippen LogP contribution in [0, 0.1) is 0 Å². The molecule has 0 atom stereocenters. The predicted molar refractivity (Wildman–Crippen MR) is 79.4 cm³/mol. The highest BCUT2D eigenvalue weighted by atomic mass is 16.3. The number of aromatic hydroxyl groups is 2. The molecule has 0 saturated heterocycles. The van der Waals surface area contributed by atoms with Crippen LogP contribution in [0.25, 0.3) is 17.0 Å². The minimum atomic E-state index is -0.302. The Morgan fingerprint density at radius 2 is 1.76 bits per heavy atom. The van der Waals surface area contributed by atoms with E-state index < -0.39 is 0 Å². The summed E-state index contributed by atoms with van der Waals surface area (Å²) < 4.78 is 5.16. The van der Waals surface area contributed by atoms with Crippen LogP contribution in [-0.4, -0.2) is 16.0 Å². The summed E-state index contributed by atoms with van der Waals surface area (Å²) in [6.45, 7) is 0. The molecule has 2 N–H and O–H groups in total. The maximum Gasteiger partial charge on any atom is 0.189 e. The molecule has 1 heterocycles. The van der Waals surface area contributed by atoms with Gasteiger partial charge in [-0.2, -0.15) is 0 Å². The molecular weight excluding hydrogens is 268 g/mol. The molecule has 0 spiro atoms. The summed E-state index contributed by atoms with van der Waals surface area (Å²) in [7, 11) is 0. The normalized spacial score (nSPS) is 11.2. The van der Waals surface area contributed by atoms with Crippen LogP contribution in [0.3, 0.4) is 0 Å². The summed E-state index contributed by atoms with van der Waals surface area (Å²) in [6, 6.07) is 11.3. The van der Waals surface area contributed by atoms with E-state index in [1.165, 1.54) is 18.4 Å². The largest absolute Gasteiger partial charge is 0.508 e. The lowest BCUT2D eigenvalue weighted by molar-refractivity contribution is 0.104. The number of phenols is 2. The van der Waals surface area contributed by atoms with Crippen molar-refractivity contribution >= 4 is 22.8 Å². The number of allylic oxidation sites excluding steroid dienone is 1. The monoisotopic (exact) mass is 280 g/mol. The number of rotatable bonds is 3. The van der Waals surface area contributed by atoms with Gasteiger partial charge in [0.15, 0.2) is 5.78 Å². The molecule has 4 heteroatoms. The van der Waals surface area contributed by atoms with E-state index in [2.05, 4.69) is 0 Å². The molecule has 104 valence electrons.